The highest BCUT2D eigenvalue weighted by Gasteiger charge is 2.27. The normalized spacial score (nSPS) is 20.7. The van der Waals surface area contributed by atoms with Gasteiger partial charge in [0.05, 0.1) is 5.69 Å². The molecule has 2 aliphatic heterocycles. The number of rotatable bonds is 5. The van der Waals surface area contributed by atoms with E-state index in [1.807, 2.05) is 4.90 Å². The van der Waals surface area contributed by atoms with Crippen LogP contribution in [0.3, 0.4) is 0 Å². The Bertz CT molecular complexity index is 755. The lowest BCUT2D eigenvalue weighted by Crippen LogP contribution is -2.48. The number of imide groups is 1. The van der Waals surface area contributed by atoms with Crippen molar-refractivity contribution in [3.63, 3.8) is 0 Å². The molecule has 9 heteroatoms. The van der Waals surface area contributed by atoms with Gasteiger partial charge in [-0.25, -0.2) is 8.78 Å². The zero-order valence-corrected chi connectivity index (χ0v) is 15.9. The second kappa shape index (κ2) is 8.99. The number of amides is 2. The van der Waals surface area contributed by atoms with E-state index < -0.39 is 11.6 Å². The number of aliphatic imine (C=N–C) groups is 1. The number of guanidine groups is 1. The third-order valence-electron chi connectivity index (χ3n) is 5.01. The zero-order chi connectivity index (χ0) is 20.1. The van der Waals surface area contributed by atoms with Gasteiger partial charge in [-0.05, 0) is 25.0 Å². The Kier molecular flexibility index (Phi) is 6.43. The van der Waals surface area contributed by atoms with Gasteiger partial charge in [-0.2, -0.15) is 0 Å². The minimum Gasteiger partial charge on any atom is -0.367 e. The van der Waals surface area contributed by atoms with Crippen molar-refractivity contribution in [3.05, 3.63) is 29.8 Å². The SMILES string of the molecule is CN=C(NCCN1C(=O)CCCC1=O)NC1CCN(c2ccc(F)cc2F)C1. The predicted octanol–water partition coefficient (Wildman–Crippen LogP) is 1.25. The van der Waals surface area contributed by atoms with Gasteiger partial charge in [0.25, 0.3) is 0 Å². The van der Waals surface area contributed by atoms with Crippen molar-refractivity contribution in [1.29, 1.82) is 0 Å². The smallest absolute Gasteiger partial charge is 0.229 e. The molecule has 1 aromatic carbocycles. The molecule has 152 valence electrons. The second-order valence-electron chi connectivity index (χ2n) is 6.96. The van der Waals surface area contributed by atoms with Gasteiger partial charge in [0, 0.05) is 58.2 Å². The van der Waals surface area contributed by atoms with Gasteiger partial charge in [0.1, 0.15) is 11.6 Å². The van der Waals surface area contributed by atoms with E-state index in [4.69, 9.17) is 0 Å². The summed E-state index contributed by atoms with van der Waals surface area (Å²) in [5.41, 5.74) is 0.385. The van der Waals surface area contributed by atoms with Crippen molar-refractivity contribution in [2.24, 2.45) is 4.99 Å². The maximum atomic E-state index is 14.0. The summed E-state index contributed by atoms with van der Waals surface area (Å²) in [7, 11) is 1.64. The fraction of sp³-hybridized carbons (Fsp3) is 0.526. The molecule has 3 rings (SSSR count). The molecule has 0 saturated carbocycles. The van der Waals surface area contributed by atoms with Crippen LogP contribution in [0, 0.1) is 11.6 Å². The summed E-state index contributed by atoms with van der Waals surface area (Å²) in [5, 5.41) is 6.38. The minimum atomic E-state index is -0.592. The average molecular weight is 393 g/mol. The largest absolute Gasteiger partial charge is 0.367 e. The van der Waals surface area contributed by atoms with Crippen molar-refractivity contribution in [1.82, 2.24) is 15.5 Å². The molecule has 0 bridgehead atoms. The van der Waals surface area contributed by atoms with Gasteiger partial charge in [-0.1, -0.05) is 0 Å². The van der Waals surface area contributed by atoms with Gasteiger partial charge >= 0.3 is 0 Å². The van der Waals surface area contributed by atoms with Gasteiger partial charge in [-0.15, -0.1) is 0 Å². The van der Waals surface area contributed by atoms with Crippen molar-refractivity contribution in [2.45, 2.75) is 31.7 Å². The molecule has 2 aliphatic rings. The van der Waals surface area contributed by atoms with E-state index in [-0.39, 0.29) is 17.9 Å². The highest BCUT2D eigenvalue weighted by molar-refractivity contribution is 5.97. The topological polar surface area (TPSA) is 77.0 Å². The van der Waals surface area contributed by atoms with Gasteiger partial charge < -0.3 is 15.5 Å². The van der Waals surface area contributed by atoms with Gasteiger partial charge in [0.15, 0.2) is 5.96 Å². The second-order valence-corrected chi connectivity index (χ2v) is 6.96. The number of carbonyl (C=O) groups excluding carboxylic acids is 2. The molecule has 1 unspecified atom stereocenters. The summed E-state index contributed by atoms with van der Waals surface area (Å²) in [4.78, 5) is 31.0. The molecule has 2 saturated heterocycles. The van der Waals surface area contributed by atoms with Crippen molar-refractivity contribution in [2.75, 3.05) is 38.1 Å². The summed E-state index contributed by atoms with van der Waals surface area (Å²) in [6, 6.07) is 3.64. The lowest BCUT2D eigenvalue weighted by molar-refractivity contribution is -0.147. The number of likely N-dealkylation sites (tertiary alicyclic amines) is 1. The number of anilines is 1. The Morgan fingerprint density at radius 1 is 1.25 bits per heavy atom. The van der Waals surface area contributed by atoms with E-state index in [2.05, 4.69) is 15.6 Å². The standard InChI is InChI=1S/C19H25F2N5O2/c1-22-19(23-8-10-26-17(27)3-2-4-18(26)28)24-14-7-9-25(12-14)16-6-5-13(20)11-15(16)21/h5-6,11,14H,2-4,7-10,12H2,1H3,(H2,22,23,24). The predicted molar refractivity (Wildman–Crippen MR) is 102 cm³/mol. The van der Waals surface area contributed by atoms with E-state index in [0.717, 1.165) is 12.5 Å². The van der Waals surface area contributed by atoms with Crippen LogP contribution < -0.4 is 15.5 Å². The molecule has 2 amide bonds. The molecule has 1 aromatic rings. The van der Waals surface area contributed by atoms with E-state index in [9.17, 15) is 18.4 Å². The Balaban J connectivity index is 1.47. The molecule has 7 nitrogen and oxygen atoms in total. The van der Waals surface area contributed by atoms with Crippen LogP contribution in [0.25, 0.3) is 0 Å². The van der Waals surface area contributed by atoms with E-state index >= 15 is 0 Å². The molecule has 2 N–H and O–H groups in total. The third kappa shape index (κ3) is 4.76. The summed E-state index contributed by atoms with van der Waals surface area (Å²) >= 11 is 0. The van der Waals surface area contributed by atoms with Crippen LogP contribution in [0.5, 0.6) is 0 Å². The fourth-order valence-electron chi connectivity index (χ4n) is 3.56. The molecular weight excluding hydrogens is 368 g/mol. The Morgan fingerprint density at radius 2 is 2.00 bits per heavy atom. The van der Waals surface area contributed by atoms with E-state index in [1.165, 1.54) is 17.0 Å². The first-order valence-corrected chi connectivity index (χ1v) is 9.48. The zero-order valence-electron chi connectivity index (χ0n) is 15.9. The number of piperidine rings is 1. The van der Waals surface area contributed by atoms with E-state index in [1.54, 1.807) is 7.05 Å². The van der Waals surface area contributed by atoms with Crippen LogP contribution in [0.2, 0.25) is 0 Å². The van der Waals surface area contributed by atoms with Crippen LogP contribution in [0.4, 0.5) is 14.5 Å². The van der Waals surface area contributed by atoms with Crippen molar-refractivity contribution >= 4 is 23.5 Å². The van der Waals surface area contributed by atoms with Crippen LogP contribution >= 0.6 is 0 Å². The van der Waals surface area contributed by atoms with Crippen LogP contribution in [0.1, 0.15) is 25.7 Å². The van der Waals surface area contributed by atoms with Gasteiger partial charge in [-0.3, -0.25) is 19.5 Å². The Hall–Kier alpha value is -2.71. The average Bonchev–Trinajstić information content (AvgIpc) is 3.11. The summed E-state index contributed by atoms with van der Waals surface area (Å²) in [5.74, 6) is -0.865. The highest BCUT2D eigenvalue weighted by Crippen LogP contribution is 2.24. The summed E-state index contributed by atoms with van der Waals surface area (Å²) < 4.78 is 27.1. The fourth-order valence-corrected chi connectivity index (χ4v) is 3.56. The summed E-state index contributed by atoms with van der Waals surface area (Å²) in [6.45, 7) is 1.91. The van der Waals surface area contributed by atoms with Crippen molar-refractivity contribution < 1.29 is 18.4 Å². The molecule has 0 spiro atoms. The minimum absolute atomic E-state index is 0.0499. The first-order chi connectivity index (χ1) is 13.5. The number of carbonyl (C=O) groups is 2. The number of halogens is 2. The maximum absolute atomic E-state index is 14.0. The monoisotopic (exact) mass is 393 g/mol. The first-order valence-electron chi connectivity index (χ1n) is 9.48. The number of hydrogen-bond donors (Lipinski definition) is 2. The first kappa shape index (κ1) is 20.0. The maximum Gasteiger partial charge on any atom is 0.229 e. The number of benzene rings is 1. The summed E-state index contributed by atoms with van der Waals surface area (Å²) in [6.07, 6.45) is 2.23. The molecule has 28 heavy (non-hydrogen) atoms. The Morgan fingerprint density at radius 3 is 2.68 bits per heavy atom. The Labute approximate surface area is 162 Å². The van der Waals surface area contributed by atoms with Crippen LogP contribution in [-0.2, 0) is 9.59 Å². The molecular formula is C19H25F2N5O2. The molecule has 2 fully saturated rings. The van der Waals surface area contributed by atoms with E-state index in [0.29, 0.717) is 57.1 Å². The lowest BCUT2D eigenvalue weighted by Gasteiger charge is -2.25. The van der Waals surface area contributed by atoms with Crippen LogP contribution in [-0.4, -0.2) is 61.9 Å². The van der Waals surface area contributed by atoms with Crippen molar-refractivity contribution in [3.8, 4) is 0 Å². The number of hydrogen-bond acceptors (Lipinski definition) is 4. The quantitative estimate of drug-likeness (QED) is 0.447. The number of nitrogens with zero attached hydrogens (tertiary/aromatic N) is 3. The van der Waals surface area contributed by atoms with Gasteiger partial charge in [0.2, 0.25) is 11.8 Å². The van der Waals surface area contributed by atoms with Crippen LogP contribution in [0.15, 0.2) is 23.2 Å². The molecule has 1 atom stereocenters. The lowest BCUT2D eigenvalue weighted by atomic mass is 10.1. The molecule has 0 aliphatic carbocycles. The third-order valence-corrected chi connectivity index (χ3v) is 5.01. The molecule has 2 heterocycles. The number of nitrogens with one attached hydrogen (secondary N) is 2. The highest BCUT2D eigenvalue weighted by atomic mass is 19.1. The molecule has 0 radical (unpaired) electrons. The molecule has 0 aromatic heterocycles.